The van der Waals surface area contributed by atoms with Gasteiger partial charge in [0.1, 0.15) is 0 Å². The molecule has 1 heterocycles. The summed E-state index contributed by atoms with van der Waals surface area (Å²) >= 11 is 3.92. The maximum absolute atomic E-state index is 2.46. The minimum absolute atomic E-state index is 0.0913. The molecule has 0 amide bonds. The second-order valence-electron chi connectivity index (χ2n) is 7.44. The summed E-state index contributed by atoms with van der Waals surface area (Å²) < 4.78 is 0. The first-order valence-electron chi connectivity index (χ1n) is 8.60. The first-order valence-corrected chi connectivity index (χ1v) is 10.2. The molecular formula is C22H20S2. The largest absolute Gasteiger partial charge is 0.0881 e. The molecule has 0 radical (unpaired) electrons. The lowest BCUT2D eigenvalue weighted by Gasteiger charge is -2.26. The Morgan fingerprint density at radius 1 is 0.792 bits per heavy atom. The van der Waals surface area contributed by atoms with E-state index in [-0.39, 0.29) is 5.41 Å². The third-order valence-electron chi connectivity index (χ3n) is 5.40. The number of aryl methyl sites for hydroxylation is 1. The molecule has 5 rings (SSSR count). The minimum Gasteiger partial charge on any atom is -0.0881 e. The van der Waals surface area contributed by atoms with E-state index in [2.05, 4.69) is 63.3 Å². The molecule has 0 saturated heterocycles. The number of benzene rings is 2. The third kappa shape index (κ3) is 2.02. The van der Waals surface area contributed by atoms with Crippen molar-refractivity contribution in [1.29, 1.82) is 0 Å². The molecule has 0 saturated carbocycles. The van der Waals surface area contributed by atoms with Crippen LogP contribution in [0, 0.1) is 6.92 Å². The third-order valence-corrected chi connectivity index (χ3v) is 7.99. The van der Waals surface area contributed by atoms with E-state index in [1.54, 1.807) is 0 Å². The van der Waals surface area contributed by atoms with Gasteiger partial charge in [0.15, 0.2) is 0 Å². The Morgan fingerprint density at radius 3 is 2.12 bits per heavy atom. The van der Waals surface area contributed by atoms with Crippen LogP contribution in [0.3, 0.4) is 0 Å². The van der Waals surface area contributed by atoms with Crippen LogP contribution in [-0.4, -0.2) is 0 Å². The van der Waals surface area contributed by atoms with Crippen molar-refractivity contribution in [1.82, 2.24) is 0 Å². The number of fused-ring (bicyclic) bond motifs is 5. The maximum atomic E-state index is 2.46. The summed E-state index contributed by atoms with van der Waals surface area (Å²) in [6, 6.07) is 11.8. The number of hydrogen-bond donors (Lipinski definition) is 0. The predicted octanol–water partition coefficient (Wildman–Crippen LogP) is 7.06. The Balaban J connectivity index is 1.72. The van der Waals surface area contributed by atoms with Crippen LogP contribution in [0.15, 0.2) is 62.1 Å². The summed E-state index contributed by atoms with van der Waals surface area (Å²) in [6.45, 7) is 6.93. The molecule has 0 unspecified atom stereocenters. The van der Waals surface area contributed by atoms with Crippen molar-refractivity contribution in [2.45, 2.75) is 48.8 Å². The highest BCUT2D eigenvalue weighted by Crippen LogP contribution is 2.56. The quantitative estimate of drug-likeness (QED) is 0.500. The van der Waals surface area contributed by atoms with E-state index >= 15 is 0 Å². The average Bonchev–Trinajstić information content (AvgIpc) is 2.78. The van der Waals surface area contributed by atoms with E-state index in [1.807, 2.05) is 23.5 Å². The summed E-state index contributed by atoms with van der Waals surface area (Å²) in [4.78, 5) is 5.78. The molecule has 1 aliphatic heterocycles. The van der Waals surface area contributed by atoms with E-state index in [4.69, 9.17) is 0 Å². The second-order valence-corrected chi connectivity index (χ2v) is 9.60. The summed E-state index contributed by atoms with van der Waals surface area (Å²) in [5.41, 5.74) is 7.26. The van der Waals surface area contributed by atoms with Gasteiger partial charge in [-0.1, -0.05) is 73.3 Å². The summed E-state index contributed by atoms with van der Waals surface area (Å²) in [7, 11) is 0. The monoisotopic (exact) mass is 348 g/mol. The van der Waals surface area contributed by atoms with Crippen LogP contribution in [0.2, 0.25) is 0 Å². The highest BCUT2D eigenvalue weighted by atomic mass is 32.2. The molecule has 2 aromatic carbocycles. The van der Waals surface area contributed by atoms with Crippen LogP contribution in [0.5, 0.6) is 0 Å². The molecule has 120 valence electrons. The molecule has 0 bridgehead atoms. The van der Waals surface area contributed by atoms with Crippen LogP contribution in [0.4, 0.5) is 0 Å². The van der Waals surface area contributed by atoms with Gasteiger partial charge in [-0.25, -0.2) is 0 Å². The summed E-state index contributed by atoms with van der Waals surface area (Å²) in [6.07, 6.45) is 7.18. The van der Waals surface area contributed by atoms with E-state index in [0.717, 1.165) is 0 Å². The van der Waals surface area contributed by atoms with Crippen molar-refractivity contribution < 1.29 is 0 Å². The Bertz CT molecular complexity index is 945. The van der Waals surface area contributed by atoms with Crippen LogP contribution < -0.4 is 0 Å². The van der Waals surface area contributed by atoms with E-state index < -0.39 is 0 Å². The van der Waals surface area contributed by atoms with Gasteiger partial charge >= 0.3 is 0 Å². The minimum atomic E-state index is 0.0913. The van der Waals surface area contributed by atoms with Gasteiger partial charge in [0.2, 0.25) is 0 Å². The van der Waals surface area contributed by atoms with Crippen molar-refractivity contribution in [3.05, 3.63) is 69.0 Å². The van der Waals surface area contributed by atoms with E-state index in [0.29, 0.717) is 0 Å². The molecule has 0 spiro atoms. The second kappa shape index (κ2) is 5.06. The standard InChI is InChI=1S/C22H20S2/c1-13-8-9-14-15-11-20-21(12-17(15)22(2,3)16(14)10-13)24-19-7-5-4-6-18(19)23-20/h6-12H,4-5H2,1-3H3. The van der Waals surface area contributed by atoms with Gasteiger partial charge in [-0.3, -0.25) is 0 Å². The van der Waals surface area contributed by atoms with Crippen molar-refractivity contribution in [3.8, 4) is 11.1 Å². The van der Waals surface area contributed by atoms with Gasteiger partial charge in [-0.2, -0.15) is 0 Å². The van der Waals surface area contributed by atoms with Crippen molar-refractivity contribution in [2.75, 3.05) is 0 Å². The zero-order valence-corrected chi connectivity index (χ0v) is 15.9. The summed E-state index contributed by atoms with van der Waals surface area (Å²) in [5.74, 6) is 0. The van der Waals surface area contributed by atoms with Crippen molar-refractivity contribution in [3.63, 3.8) is 0 Å². The number of rotatable bonds is 0. The Morgan fingerprint density at radius 2 is 1.42 bits per heavy atom. The molecule has 2 aromatic rings. The topological polar surface area (TPSA) is 0 Å². The predicted molar refractivity (Wildman–Crippen MR) is 106 cm³/mol. The zero-order valence-electron chi connectivity index (χ0n) is 14.3. The van der Waals surface area contributed by atoms with Gasteiger partial charge in [-0.15, -0.1) is 0 Å². The number of hydrogen-bond acceptors (Lipinski definition) is 2. The Labute approximate surface area is 152 Å². The molecule has 0 aromatic heterocycles. The van der Waals surface area contributed by atoms with Gasteiger partial charge in [0.05, 0.1) is 0 Å². The van der Waals surface area contributed by atoms with E-state index in [1.165, 1.54) is 60.3 Å². The highest BCUT2D eigenvalue weighted by molar-refractivity contribution is 8.11. The average molecular weight is 349 g/mol. The molecule has 0 N–H and O–H groups in total. The zero-order chi connectivity index (χ0) is 16.5. The molecule has 2 heteroatoms. The lowest BCUT2D eigenvalue weighted by Crippen LogP contribution is -2.15. The van der Waals surface area contributed by atoms with E-state index in [9.17, 15) is 0 Å². The van der Waals surface area contributed by atoms with Gasteiger partial charge in [0.25, 0.3) is 0 Å². The van der Waals surface area contributed by atoms with Crippen molar-refractivity contribution >= 4 is 23.5 Å². The first-order chi connectivity index (χ1) is 11.5. The fraction of sp³-hybridized carbons (Fsp3) is 0.273. The lowest BCUT2D eigenvalue weighted by atomic mass is 9.82. The van der Waals surface area contributed by atoms with Crippen molar-refractivity contribution in [2.24, 2.45) is 0 Å². The molecule has 0 fully saturated rings. The first kappa shape index (κ1) is 14.9. The van der Waals surface area contributed by atoms with Gasteiger partial charge in [0, 0.05) is 25.0 Å². The highest BCUT2D eigenvalue weighted by Gasteiger charge is 2.37. The molecule has 3 aliphatic rings. The summed E-state index contributed by atoms with van der Waals surface area (Å²) in [5, 5.41) is 0. The smallest absolute Gasteiger partial charge is 0.0268 e. The lowest BCUT2D eigenvalue weighted by molar-refractivity contribution is 0.657. The fourth-order valence-electron chi connectivity index (χ4n) is 4.07. The molecule has 2 aliphatic carbocycles. The van der Waals surface area contributed by atoms with Gasteiger partial charge < -0.3 is 0 Å². The SMILES string of the molecule is Cc1ccc2c(c1)C(C)(C)c1cc3c(cc1-2)SC1=CCCC=C1S3. The molecular weight excluding hydrogens is 328 g/mol. The molecule has 24 heavy (non-hydrogen) atoms. The van der Waals surface area contributed by atoms with Crippen LogP contribution >= 0.6 is 23.5 Å². The maximum Gasteiger partial charge on any atom is 0.0268 e. The normalized spacial score (nSPS) is 19.6. The van der Waals surface area contributed by atoms with Crippen LogP contribution in [0.1, 0.15) is 43.4 Å². The number of thioether (sulfide) groups is 2. The molecule has 0 nitrogen and oxygen atoms in total. The fourth-order valence-corrected chi connectivity index (χ4v) is 6.48. The van der Waals surface area contributed by atoms with Crippen LogP contribution in [0.25, 0.3) is 11.1 Å². The van der Waals surface area contributed by atoms with Gasteiger partial charge in [-0.05, 0) is 54.2 Å². The molecule has 0 atom stereocenters. The van der Waals surface area contributed by atoms with Crippen LogP contribution in [-0.2, 0) is 5.41 Å². The number of allylic oxidation sites excluding steroid dienone is 2. The Kier molecular flexibility index (Phi) is 3.15. The Hall–Kier alpha value is -1.38.